The maximum Gasteiger partial charge on any atom is 0.247 e. The van der Waals surface area contributed by atoms with Crippen molar-refractivity contribution in [3.05, 3.63) is 72.3 Å². The summed E-state index contributed by atoms with van der Waals surface area (Å²) in [6.45, 7) is 0.599. The molecule has 1 aliphatic carbocycles. The Kier molecular flexibility index (Phi) is 3.87. The van der Waals surface area contributed by atoms with Crippen LogP contribution in [0.5, 0.6) is 0 Å². The fraction of sp³-hybridized carbons (Fsp3) is 0.200. The van der Waals surface area contributed by atoms with Crippen molar-refractivity contribution < 1.29 is 9.21 Å². The lowest BCUT2D eigenvalue weighted by molar-refractivity contribution is -0.127. The highest BCUT2D eigenvalue weighted by atomic mass is 16.3. The highest BCUT2D eigenvalue weighted by Gasteiger charge is 2.31. The van der Waals surface area contributed by atoms with E-state index in [1.807, 2.05) is 53.6 Å². The number of carbonyl (C=O) groups excluding carboxylic acids is 1. The highest BCUT2D eigenvalue weighted by molar-refractivity contribution is 5.92. The number of rotatable bonds is 5. The van der Waals surface area contributed by atoms with Crippen LogP contribution in [-0.4, -0.2) is 21.8 Å². The largest absolute Gasteiger partial charge is 0.457 e. The van der Waals surface area contributed by atoms with Crippen molar-refractivity contribution in [2.24, 2.45) is 0 Å². The third-order valence-corrected chi connectivity index (χ3v) is 4.18. The molecule has 0 atom stereocenters. The zero-order valence-corrected chi connectivity index (χ0v) is 13.3. The first-order valence-electron chi connectivity index (χ1n) is 8.16. The average molecular weight is 318 g/mol. The van der Waals surface area contributed by atoms with E-state index in [0.29, 0.717) is 18.3 Å². The summed E-state index contributed by atoms with van der Waals surface area (Å²) in [5, 5.41) is 1.04. The first-order chi connectivity index (χ1) is 11.8. The molecule has 0 N–H and O–H groups in total. The summed E-state index contributed by atoms with van der Waals surface area (Å²) in [4.78, 5) is 18.6. The van der Waals surface area contributed by atoms with Gasteiger partial charge in [-0.15, -0.1) is 0 Å². The Morgan fingerprint density at radius 1 is 1.25 bits per heavy atom. The van der Waals surface area contributed by atoms with Crippen molar-refractivity contribution in [2.45, 2.75) is 25.4 Å². The van der Waals surface area contributed by atoms with E-state index in [0.717, 1.165) is 29.4 Å². The summed E-state index contributed by atoms with van der Waals surface area (Å²) in [5.41, 5.74) is 1.88. The van der Waals surface area contributed by atoms with Gasteiger partial charge in [-0.3, -0.25) is 9.78 Å². The molecule has 0 bridgehead atoms. The van der Waals surface area contributed by atoms with E-state index in [2.05, 4.69) is 4.98 Å². The number of pyridine rings is 1. The summed E-state index contributed by atoms with van der Waals surface area (Å²) in [7, 11) is 0. The van der Waals surface area contributed by atoms with Crippen LogP contribution in [0, 0.1) is 0 Å². The van der Waals surface area contributed by atoms with Crippen LogP contribution in [-0.2, 0) is 11.3 Å². The monoisotopic (exact) mass is 318 g/mol. The molecule has 4 heteroatoms. The van der Waals surface area contributed by atoms with Gasteiger partial charge in [0.1, 0.15) is 11.3 Å². The lowest BCUT2D eigenvalue weighted by Gasteiger charge is -2.20. The standard InChI is InChI=1S/C20H18N2O2/c23-20(10-9-18-12-16-5-1-2-6-19(16)24-18)22(17-7-8-17)14-15-4-3-11-21-13-15/h1-6,9-13,17H,7-8,14H2/b10-9+. The third kappa shape index (κ3) is 3.23. The number of nitrogens with zero attached hydrogens (tertiary/aromatic N) is 2. The van der Waals surface area contributed by atoms with Crippen molar-refractivity contribution >= 4 is 23.0 Å². The van der Waals surface area contributed by atoms with E-state index in [-0.39, 0.29) is 5.91 Å². The van der Waals surface area contributed by atoms with Crippen molar-refractivity contribution in [1.82, 2.24) is 9.88 Å². The number of hydrogen-bond acceptors (Lipinski definition) is 3. The molecule has 0 aliphatic heterocycles. The Morgan fingerprint density at radius 2 is 2.12 bits per heavy atom. The molecular weight excluding hydrogens is 300 g/mol. The van der Waals surface area contributed by atoms with Crippen LogP contribution in [0.2, 0.25) is 0 Å². The average Bonchev–Trinajstić information content (AvgIpc) is 3.37. The lowest BCUT2D eigenvalue weighted by atomic mass is 10.2. The van der Waals surface area contributed by atoms with Crippen molar-refractivity contribution in [1.29, 1.82) is 0 Å². The van der Waals surface area contributed by atoms with E-state index in [4.69, 9.17) is 4.42 Å². The third-order valence-electron chi connectivity index (χ3n) is 4.18. The second-order valence-electron chi connectivity index (χ2n) is 6.08. The number of para-hydroxylation sites is 1. The van der Waals surface area contributed by atoms with Crippen LogP contribution < -0.4 is 0 Å². The number of aromatic nitrogens is 1. The van der Waals surface area contributed by atoms with Gasteiger partial charge in [0.05, 0.1) is 0 Å². The summed E-state index contributed by atoms with van der Waals surface area (Å²) in [6, 6.07) is 14.0. The van der Waals surface area contributed by atoms with Gasteiger partial charge in [0.25, 0.3) is 0 Å². The molecule has 1 fully saturated rings. The number of amides is 1. The zero-order chi connectivity index (χ0) is 16.4. The Balaban J connectivity index is 1.50. The molecule has 0 radical (unpaired) electrons. The Morgan fingerprint density at radius 3 is 2.88 bits per heavy atom. The van der Waals surface area contributed by atoms with Gasteiger partial charge in [-0.1, -0.05) is 24.3 Å². The topological polar surface area (TPSA) is 46.3 Å². The molecule has 120 valence electrons. The molecule has 4 rings (SSSR count). The fourth-order valence-corrected chi connectivity index (χ4v) is 2.80. The van der Waals surface area contributed by atoms with Crippen molar-refractivity contribution in [2.75, 3.05) is 0 Å². The summed E-state index contributed by atoms with van der Waals surface area (Å²) in [5.74, 6) is 0.712. The van der Waals surface area contributed by atoms with Crippen LogP contribution >= 0.6 is 0 Å². The van der Waals surface area contributed by atoms with E-state index in [1.165, 1.54) is 0 Å². The van der Waals surface area contributed by atoms with Gasteiger partial charge in [-0.05, 0) is 42.7 Å². The fourth-order valence-electron chi connectivity index (χ4n) is 2.80. The Bertz CT molecular complexity index is 846. The first-order valence-corrected chi connectivity index (χ1v) is 8.16. The maximum atomic E-state index is 12.6. The van der Waals surface area contributed by atoms with Crippen LogP contribution in [0.15, 0.2) is 65.4 Å². The molecule has 1 aromatic carbocycles. The number of fused-ring (bicyclic) bond motifs is 1. The maximum absolute atomic E-state index is 12.6. The van der Waals surface area contributed by atoms with E-state index in [1.54, 1.807) is 18.3 Å². The minimum atomic E-state index is 0.0156. The van der Waals surface area contributed by atoms with E-state index in [9.17, 15) is 4.79 Å². The van der Waals surface area contributed by atoms with Crippen LogP contribution in [0.1, 0.15) is 24.2 Å². The minimum Gasteiger partial charge on any atom is -0.457 e. The number of furan rings is 1. The highest BCUT2D eigenvalue weighted by Crippen LogP contribution is 2.29. The molecule has 0 unspecified atom stereocenters. The van der Waals surface area contributed by atoms with Gasteiger partial charge in [0.2, 0.25) is 5.91 Å². The van der Waals surface area contributed by atoms with Crippen molar-refractivity contribution in [3.63, 3.8) is 0 Å². The second-order valence-corrected chi connectivity index (χ2v) is 6.08. The summed E-state index contributed by atoms with van der Waals surface area (Å²) < 4.78 is 5.73. The van der Waals surface area contributed by atoms with Crippen molar-refractivity contribution in [3.8, 4) is 0 Å². The minimum absolute atomic E-state index is 0.0156. The van der Waals surface area contributed by atoms with Gasteiger partial charge in [-0.2, -0.15) is 0 Å². The quantitative estimate of drug-likeness (QED) is 0.667. The predicted molar refractivity (Wildman–Crippen MR) is 93.1 cm³/mol. The van der Waals surface area contributed by atoms with E-state index < -0.39 is 0 Å². The number of carbonyl (C=O) groups is 1. The van der Waals surface area contributed by atoms with Crippen LogP contribution in [0.3, 0.4) is 0 Å². The van der Waals surface area contributed by atoms with Gasteiger partial charge in [0.15, 0.2) is 0 Å². The second kappa shape index (κ2) is 6.32. The molecule has 0 spiro atoms. The van der Waals surface area contributed by atoms with Gasteiger partial charge >= 0.3 is 0 Å². The molecule has 2 aromatic heterocycles. The molecule has 0 saturated heterocycles. The Labute approximate surface area is 140 Å². The zero-order valence-electron chi connectivity index (χ0n) is 13.3. The summed E-state index contributed by atoms with van der Waals surface area (Å²) >= 11 is 0. The molecule has 1 saturated carbocycles. The normalized spacial score (nSPS) is 14.3. The number of hydrogen-bond donors (Lipinski definition) is 0. The number of benzene rings is 1. The summed E-state index contributed by atoms with van der Waals surface area (Å²) in [6.07, 6.45) is 9.06. The van der Waals surface area contributed by atoms with Gasteiger partial charge in [0, 0.05) is 36.4 Å². The molecule has 2 heterocycles. The molecule has 1 aliphatic rings. The van der Waals surface area contributed by atoms with Gasteiger partial charge in [-0.25, -0.2) is 0 Å². The van der Waals surface area contributed by atoms with E-state index >= 15 is 0 Å². The first kappa shape index (κ1) is 14.7. The molecular formula is C20H18N2O2. The molecule has 4 nitrogen and oxygen atoms in total. The lowest BCUT2D eigenvalue weighted by Crippen LogP contribution is -2.31. The molecule has 1 amide bonds. The predicted octanol–water partition coefficient (Wildman–Crippen LogP) is 4.03. The Hall–Kier alpha value is -2.88. The van der Waals surface area contributed by atoms with Crippen LogP contribution in [0.4, 0.5) is 0 Å². The van der Waals surface area contributed by atoms with Gasteiger partial charge < -0.3 is 9.32 Å². The van der Waals surface area contributed by atoms with Crippen LogP contribution in [0.25, 0.3) is 17.0 Å². The SMILES string of the molecule is O=C(/C=C/c1cc2ccccc2o1)N(Cc1cccnc1)C1CC1. The molecule has 3 aromatic rings. The molecule has 24 heavy (non-hydrogen) atoms. The smallest absolute Gasteiger partial charge is 0.247 e.